The number of hydrogen-bond acceptors (Lipinski definition) is 5. The fourth-order valence-corrected chi connectivity index (χ4v) is 5.16. The summed E-state index contributed by atoms with van der Waals surface area (Å²) in [6, 6.07) is 15.7. The molecule has 0 saturated heterocycles. The third kappa shape index (κ3) is 3.66. The van der Waals surface area contributed by atoms with Crippen LogP contribution in [0.2, 0.25) is 0 Å². The zero-order chi connectivity index (χ0) is 20.3. The Morgan fingerprint density at radius 2 is 1.39 bits per heavy atom. The molecule has 0 bridgehead atoms. The van der Waals surface area contributed by atoms with E-state index in [0.717, 1.165) is 27.3 Å². The van der Waals surface area contributed by atoms with Gasteiger partial charge in [0.15, 0.2) is 0 Å². The Kier molecular flexibility index (Phi) is 5.82. The monoisotopic (exact) mass is 392 g/mol. The topological polar surface area (TPSA) is 83.1 Å². The van der Waals surface area contributed by atoms with Crippen LogP contribution in [0.1, 0.15) is 36.1 Å². The Morgan fingerprint density at radius 3 is 1.93 bits per heavy atom. The van der Waals surface area contributed by atoms with Crippen molar-refractivity contribution in [2.45, 2.75) is 26.9 Å². The van der Waals surface area contributed by atoms with Crippen LogP contribution >= 0.6 is 7.60 Å². The van der Waals surface area contributed by atoms with Gasteiger partial charge in [0.25, 0.3) is 0 Å². The summed E-state index contributed by atoms with van der Waals surface area (Å²) < 4.78 is 23.7. The average Bonchev–Trinajstić information content (AvgIpc) is 2.67. The van der Waals surface area contributed by atoms with E-state index in [9.17, 15) is 15.1 Å². The predicted molar refractivity (Wildman–Crippen MR) is 110 cm³/mol. The minimum atomic E-state index is -3.24. The zero-order valence-corrected chi connectivity index (χ0v) is 17.0. The first-order valence-electron chi connectivity index (χ1n) is 9.13. The van der Waals surface area contributed by atoms with Crippen molar-refractivity contribution in [3.8, 4) is 12.1 Å². The lowest BCUT2D eigenvalue weighted by Gasteiger charge is -2.18. The molecule has 0 saturated carbocycles. The molecule has 3 rings (SSSR count). The maximum Gasteiger partial charge on any atom is 0.335 e. The van der Waals surface area contributed by atoms with Crippen LogP contribution in [0.5, 0.6) is 0 Å². The van der Waals surface area contributed by atoms with Gasteiger partial charge in [-0.25, -0.2) is 0 Å². The third-order valence-corrected chi connectivity index (χ3v) is 6.64. The highest BCUT2D eigenvalue weighted by atomic mass is 31.2. The molecule has 28 heavy (non-hydrogen) atoms. The summed E-state index contributed by atoms with van der Waals surface area (Å²) in [7, 11) is -3.24. The first-order chi connectivity index (χ1) is 13.5. The molecule has 0 fully saturated rings. The molecule has 142 valence electrons. The Hall–Kier alpha value is -2.69. The Morgan fingerprint density at radius 1 is 0.857 bits per heavy atom. The third-order valence-electron chi connectivity index (χ3n) is 4.59. The number of rotatable bonds is 6. The van der Waals surface area contributed by atoms with Gasteiger partial charge in [0, 0.05) is 10.8 Å². The number of aryl methyl sites for hydroxylation is 1. The molecule has 0 aliphatic heterocycles. The minimum absolute atomic E-state index is 0.153. The molecule has 0 aliphatic carbocycles. The highest BCUT2D eigenvalue weighted by Gasteiger charge is 2.24. The zero-order valence-electron chi connectivity index (χ0n) is 16.2. The van der Waals surface area contributed by atoms with Crippen LogP contribution < -0.4 is 0 Å². The molecule has 0 spiro atoms. The summed E-state index contributed by atoms with van der Waals surface area (Å²) in [5.41, 5.74) is 2.60. The first-order valence-corrected chi connectivity index (χ1v) is 10.9. The second-order valence-corrected chi connectivity index (χ2v) is 8.56. The molecule has 0 unspecified atom stereocenters. The van der Waals surface area contributed by atoms with Crippen molar-refractivity contribution in [2.75, 3.05) is 13.2 Å². The second-order valence-electron chi connectivity index (χ2n) is 6.51. The molecular weight excluding hydrogens is 371 g/mol. The lowest BCUT2D eigenvalue weighted by atomic mass is 9.91. The van der Waals surface area contributed by atoms with Crippen LogP contribution in [-0.2, 0) is 19.8 Å². The van der Waals surface area contributed by atoms with E-state index in [-0.39, 0.29) is 6.16 Å². The molecule has 0 aromatic heterocycles. The van der Waals surface area contributed by atoms with Crippen molar-refractivity contribution in [3.05, 3.63) is 58.7 Å². The van der Waals surface area contributed by atoms with Gasteiger partial charge in [-0.3, -0.25) is 4.57 Å². The second kappa shape index (κ2) is 8.13. The molecule has 6 heteroatoms. The SMILES string of the molecule is CCOP(=O)(Cc1ccc2c(C#N)c(C#N)c3ccc(C)cc3c2c1)OCC. The average molecular weight is 392 g/mol. The number of nitrogens with zero attached hydrogens (tertiary/aromatic N) is 2. The van der Waals surface area contributed by atoms with E-state index in [1.54, 1.807) is 13.8 Å². The van der Waals surface area contributed by atoms with Crippen LogP contribution in [0.15, 0.2) is 36.4 Å². The van der Waals surface area contributed by atoms with Crippen molar-refractivity contribution < 1.29 is 13.6 Å². The van der Waals surface area contributed by atoms with E-state index in [1.165, 1.54) is 0 Å². The van der Waals surface area contributed by atoms with Crippen LogP contribution in [0.4, 0.5) is 0 Å². The molecular formula is C22H21N2O3P. The van der Waals surface area contributed by atoms with Gasteiger partial charge >= 0.3 is 7.60 Å². The summed E-state index contributed by atoms with van der Waals surface area (Å²) in [5.74, 6) is 0. The van der Waals surface area contributed by atoms with E-state index < -0.39 is 7.60 Å². The van der Waals surface area contributed by atoms with E-state index in [2.05, 4.69) is 12.1 Å². The van der Waals surface area contributed by atoms with E-state index in [1.807, 2.05) is 43.3 Å². The number of benzene rings is 3. The molecule has 0 heterocycles. The lowest BCUT2D eigenvalue weighted by Crippen LogP contribution is -1.99. The molecule has 5 nitrogen and oxygen atoms in total. The smallest absolute Gasteiger partial charge is 0.309 e. The quantitative estimate of drug-likeness (QED) is 0.390. The van der Waals surface area contributed by atoms with Crippen LogP contribution in [0.3, 0.4) is 0 Å². The Balaban J connectivity index is 2.28. The van der Waals surface area contributed by atoms with Crippen molar-refractivity contribution in [3.63, 3.8) is 0 Å². The number of nitriles is 2. The highest BCUT2D eigenvalue weighted by molar-refractivity contribution is 7.53. The van der Waals surface area contributed by atoms with Crippen molar-refractivity contribution in [1.82, 2.24) is 0 Å². The summed E-state index contributed by atoms with van der Waals surface area (Å²) in [4.78, 5) is 0. The van der Waals surface area contributed by atoms with Crippen LogP contribution in [0.25, 0.3) is 21.5 Å². The van der Waals surface area contributed by atoms with E-state index in [4.69, 9.17) is 9.05 Å². The summed E-state index contributed by atoms with van der Waals surface area (Å²) in [6.45, 7) is 6.15. The first kappa shape index (κ1) is 20.1. The van der Waals surface area contributed by atoms with Gasteiger partial charge in [0.1, 0.15) is 12.1 Å². The summed E-state index contributed by atoms with van der Waals surface area (Å²) in [6.07, 6.45) is 0.153. The Bertz CT molecular complexity index is 1180. The minimum Gasteiger partial charge on any atom is -0.309 e. The highest BCUT2D eigenvalue weighted by Crippen LogP contribution is 2.51. The Labute approximate surface area is 164 Å². The predicted octanol–water partition coefficient (Wildman–Crippen LogP) is 5.81. The van der Waals surface area contributed by atoms with Crippen LogP contribution in [0, 0.1) is 29.6 Å². The fraction of sp³-hybridized carbons (Fsp3) is 0.273. The largest absolute Gasteiger partial charge is 0.335 e. The molecule has 0 aliphatic rings. The molecule has 0 radical (unpaired) electrons. The molecule has 0 N–H and O–H groups in total. The fourth-order valence-electron chi connectivity index (χ4n) is 3.48. The van der Waals surface area contributed by atoms with Crippen molar-refractivity contribution in [2.24, 2.45) is 0 Å². The molecule has 3 aromatic carbocycles. The van der Waals surface area contributed by atoms with Gasteiger partial charge in [0.05, 0.1) is 30.5 Å². The van der Waals surface area contributed by atoms with Crippen LogP contribution in [-0.4, -0.2) is 13.2 Å². The van der Waals surface area contributed by atoms with Gasteiger partial charge in [-0.15, -0.1) is 0 Å². The van der Waals surface area contributed by atoms with Crippen molar-refractivity contribution in [1.29, 1.82) is 10.5 Å². The van der Waals surface area contributed by atoms with Gasteiger partial charge in [0.2, 0.25) is 0 Å². The number of hydrogen-bond donors (Lipinski definition) is 0. The molecule has 3 aromatic rings. The lowest BCUT2D eigenvalue weighted by molar-refractivity contribution is 0.219. The van der Waals surface area contributed by atoms with Crippen molar-refractivity contribution >= 4 is 29.1 Å². The normalized spacial score (nSPS) is 11.5. The van der Waals surface area contributed by atoms with Gasteiger partial charge in [-0.05, 0) is 43.2 Å². The van der Waals surface area contributed by atoms with Gasteiger partial charge in [-0.2, -0.15) is 10.5 Å². The summed E-state index contributed by atoms with van der Waals surface area (Å²) >= 11 is 0. The number of fused-ring (bicyclic) bond motifs is 3. The molecule has 0 atom stereocenters. The molecule has 0 amide bonds. The maximum atomic E-state index is 12.9. The standard InChI is InChI=1S/C22H21N2O3P/c1-4-26-28(25,27-5-2)14-16-7-9-18-20(11-16)19-10-15(3)6-8-17(19)21(12-23)22(18)13-24/h6-11H,4-5,14H2,1-3H3. The summed E-state index contributed by atoms with van der Waals surface area (Å²) in [5, 5.41) is 22.5. The van der Waals surface area contributed by atoms with Gasteiger partial charge in [-0.1, -0.05) is 35.9 Å². The van der Waals surface area contributed by atoms with E-state index in [0.29, 0.717) is 29.7 Å². The van der Waals surface area contributed by atoms with Gasteiger partial charge < -0.3 is 9.05 Å². The maximum absolute atomic E-state index is 12.9. The van der Waals surface area contributed by atoms with E-state index >= 15 is 0 Å².